The molecule has 138 valence electrons. The number of ether oxygens (including phenoxy) is 2. The van der Waals surface area contributed by atoms with E-state index < -0.39 is 5.41 Å². The second-order valence-corrected chi connectivity index (χ2v) is 7.63. The number of hydrogen-bond donors (Lipinski definition) is 2. The molecular weight excluding hydrogens is 374 g/mol. The van der Waals surface area contributed by atoms with Gasteiger partial charge in [-0.15, -0.1) is 11.8 Å². The largest absolute Gasteiger partial charge is 0.457 e. The Labute approximate surface area is 161 Å². The van der Waals surface area contributed by atoms with Crippen LogP contribution in [0.4, 0.5) is 0 Å². The molecule has 2 aromatic rings. The molecule has 2 N–H and O–H groups in total. The molecule has 3 rings (SSSR count). The maximum Gasteiger partial charge on any atom is 0.250 e. The fourth-order valence-electron chi connectivity index (χ4n) is 2.78. The molecule has 0 atom stereocenters. The van der Waals surface area contributed by atoms with Crippen molar-refractivity contribution >= 4 is 29.3 Å². The van der Waals surface area contributed by atoms with Gasteiger partial charge in [0.1, 0.15) is 11.5 Å². The van der Waals surface area contributed by atoms with Gasteiger partial charge in [-0.25, -0.2) is 5.48 Å². The fraction of sp³-hybridized carbons (Fsp3) is 0.316. The Hall–Kier alpha value is -1.73. The van der Waals surface area contributed by atoms with Crippen LogP contribution < -0.4 is 10.2 Å². The third kappa shape index (κ3) is 4.71. The van der Waals surface area contributed by atoms with Gasteiger partial charge in [0.05, 0.1) is 5.41 Å². The number of halogens is 1. The highest BCUT2D eigenvalue weighted by Crippen LogP contribution is 2.37. The zero-order valence-corrected chi connectivity index (χ0v) is 15.7. The van der Waals surface area contributed by atoms with Crippen LogP contribution >= 0.6 is 23.4 Å². The van der Waals surface area contributed by atoms with Gasteiger partial charge in [0, 0.05) is 28.9 Å². The van der Waals surface area contributed by atoms with E-state index in [1.807, 2.05) is 41.9 Å². The Morgan fingerprint density at radius 3 is 2.27 bits per heavy atom. The molecule has 0 spiro atoms. The number of carbonyl (C=O) groups excluding carboxylic acids is 1. The molecule has 1 fully saturated rings. The fourth-order valence-corrected chi connectivity index (χ4v) is 4.10. The lowest BCUT2D eigenvalue weighted by molar-refractivity contribution is -0.143. The number of thioether (sulfide) groups is 1. The number of carbonyl (C=O) groups is 1. The second-order valence-electron chi connectivity index (χ2n) is 6.15. The monoisotopic (exact) mass is 393 g/mol. The summed E-state index contributed by atoms with van der Waals surface area (Å²) in [6, 6.07) is 14.9. The lowest BCUT2D eigenvalue weighted by atomic mass is 9.81. The Kier molecular flexibility index (Phi) is 6.43. The number of hydroxylamine groups is 1. The number of amides is 1. The van der Waals surface area contributed by atoms with E-state index in [4.69, 9.17) is 26.3 Å². The summed E-state index contributed by atoms with van der Waals surface area (Å²) in [7, 11) is 0. The van der Waals surface area contributed by atoms with E-state index in [9.17, 15) is 4.79 Å². The molecule has 26 heavy (non-hydrogen) atoms. The average Bonchev–Trinajstić information content (AvgIpc) is 2.69. The Balaban J connectivity index is 1.61. The van der Waals surface area contributed by atoms with Crippen molar-refractivity contribution < 1.29 is 19.5 Å². The van der Waals surface area contributed by atoms with Crippen LogP contribution in [0.25, 0.3) is 0 Å². The summed E-state index contributed by atoms with van der Waals surface area (Å²) >= 11 is 7.45. The van der Waals surface area contributed by atoms with Crippen molar-refractivity contribution in [2.75, 3.05) is 19.0 Å². The van der Waals surface area contributed by atoms with Gasteiger partial charge in [-0.3, -0.25) is 10.0 Å². The van der Waals surface area contributed by atoms with Gasteiger partial charge >= 0.3 is 0 Å². The molecule has 0 aromatic heterocycles. The second kappa shape index (κ2) is 8.77. The normalized spacial score (nSPS) is 16.1. The summed E-state index contributed by atoms with van der Waals surface area (Å²) in [6.45, 7) is 1.06. The van der Waals surface area contributed by atoms with Crippen LogP contribution in [-0.2, 0) is 9.53 Å². The van der Waals surface area contributed by atoms with Gasteiger partial charge in [-0.1, -0.05) is 11.6 Å². The molecule has 5 nitrogen and oxygen atoms in total. The Bertz CT molecular complexity index is 730. The smallest absolute Gasteiger partial charge is 0.250 e. The molecule has 0 unspecified atom stereocenters. The Morgan fingerprint density at radius 2 is 1.69 bits per heavy atom. The first-order valence-corrected chi connectivity index (χ1v) is 9.66. The van der Waals surface area contributed by atoms with Crippen molar-refractivity contribution in [3.05, 3.63) is 53.6 Å². The molecule has 1 saturated heterocycles. The number of hydrogen-bond acceptors (Lipinski definition) is 5. The molecule has 0 radical (unpaired) electrons. The highest BCUT2D eigenvalue weighted by Gasteiger charge is 2.40. The van der Waals surface area contributed by atoms with Crippen molar-refractivity contribution in [1.82, 2.24) is 5.48 Å². The van der Waals surface area contributed by atoms with Crippen LogP contribution in [0.1, 0.15) is 12.8 Å². The van der Waals surface area contributed by atoms with Crippen LogP contribution in [0.15, 0.2) is 53.4 Å². The zero-order chi connectivity index (χ0) is 18.4. The molecule has 0 aliphatic carbocycles. The van der Waals surface area contributed by atoms with Crippen LogP contribution in [0.2, 0.25) is 5.02 Å². The molecule has 0 saturated carbocycles. The summed E-state index contributed by atoms with van der Waals surface area (Å²) in [4.78, 5) is 13.2. The van der Waals surface area contributed by atoms with E-state index in [0.717, 1.165) is 16.4 Å². The third-order valence-electron chi connectivity index (χ3n) is 4.42. The maximum atomic E-state index is 12.1. The summed E-state index contributed by atoms with van der Waals surface area (Å²) in [5.41, 5.74) is 1.21. The van der Waals surface area contributed by atoms with E-state index in [2.05, 4.69) is 0 Å². The van der Waals surface area contributed by atoms with Gasteiger partial charge in [-0.05, 0) is 61.4 Å². The van der Waals surface area contributed by atoms with Gasteiger partial charge in [0.25, 0.3) is 5.91 Å². The van der Waals surface area contributed by atoms with Crippen molar-refractivity contribution in [2.24, 2.45) is 5.41 Å². The molecule has 1 aliphatic rings. The van der Waals surface area contributed by atoms with Gasteiger partial charge in [0.15, 0.2) is 0 Å². The SMILES string of the molecule is O=C(NO)C1(CSc2ccc(Oc3ccc(Cl)cc3)cc2)CCOCC1. The minimum atomic E-state index is -0.601. The summed E-state index contributed by atoms with van der Waals surface area (Å²) in [6.07, 6.45) is 1.20. The quantitative estimate of drug-likeness (QED) is 0.429. The number of benzene rings is 2. The van der Waals surface area contributed by atoms with Crippen LogP contribution in [0, 0.1) is 5.41 Å². The highest BCUT2D eigenvalue weighted by molar-refractivity contribution is 7.99. The van der Waals surface area contributed by atoms with Crippen molar-refractivity contribution in [3.8, 4) is 11.5 Å². The molecule has 7 heteroatoms. The van der Waals surface area contributed by atoms with Crippen molar-refractivity contribution in [3.63, 3.8) is 0 Å². The summed E-state index contributed by atoms with van der Waals surface area (Å²) < 4.78 is 11.1. The Morgan fingerprint density at radius 1 is 1.12 bits per heavy atom. The first kappa shape index (κ1) is 19.0. The van der Waals surface area contributed by atoms with Crippen LogP contribution in [0.5, 0.6) is 11.5 Å². The molecular formula is C19H20ClNO4S. The average molecular weight is 394 g/mol. The van der Waals surface area contributed by atoms with Crippen LogP contribution in [-0.4, -0.2) is 30.1 Å². The molecule has 1 amide bonds. The predicted molar refractivity (Wildman–Crippen MR) is 101 cm³/mol. The molecule has 0 bridgehead atoms. The van der Waals surface area contributed by atoms with E-state index in [1.165, 1.54) is 0 Å². The van der Waals surface area contributed by atoms with E-state index in [1.54, 1.807) is 23.9 Å². The number of rotatable bonds is 6. The molecule has 1 heterocycles. The van der Waals surface area contributed by atoms with Crippen molar-refractivity contribution in [2.45, 2.75) is 17.7 Å². The van der Waals surface area contributed by atoms with E-state index in [-0.39, 0.29) is 5.91 Å². The predicted octanol–water partition coefficient (Wildman–Crippen LogP) is 4.53. The first-order valence-electron chi connectivity index (χ1n) is 8.30. The minimum absolute atomic E-state index is 0.337. The van der Waals surface area contributed by atoms with Crippen molar-refractivity contribution in [1.29, 1.82) is 0 Å². The van der Waals surface area contributed by atoms with Crippen LogP contribution in [0.3, 0.4) is 0 Å². The third-order valence-corrected chi connectivity index (χ3v) is 5.98. The molecule has 2 aromatic carbocycles. The maximum absolute atomic E-state index is 12.1. The standard InChI is InChI=1S/C19H20ClNO4S/c20-14-1-3-15(4-2-14)25-16-5-7-17(8-6-16)26-13-19(18(22)21-23)9-11-24-12-10-19/h1-8,23H,9-13H2,(H,21,22). The minimum Gasteiger partial charge on any atom is -0.457 e. The lowest BCUT2D eigenvalue weighted by Gasteiger charge is -2.34. The zero-order valence-electron chi connectivity index (χ0n) is 14.1. The molecule has 1 aliphatic heterocycles. The van der Waals surface area contributed by atoms with Gasteiger partial charge < -0.3 is 9.47 Å². The summed E-state index contributed by atoms with van der Waals surface area (Å²) in [5, 5.41) is 9.73. The highest BCUT2D eigenvalue weighted by atomic mass is 35.5. The number of nitrogens with one attached hydrogen (secondary N) is 1. The lowest BCUT2D eigenvalue weighted by Crippen LogP contribution is -2.45. The van der Waals surface area contributed by atoms with E-state index >= 15 is 0 Å². The summed E-state index contributed by atoms with van der Waals surface area (Å²) in [5.74, 6) is 1.69. The van der Waals surface area contributed by atoms with E-state index in [0.29, 0.717) is 36.8 Å². The first-order chi connectivity index (χ1) is 12.6. The van der Waals surface area contributed by atoms with Gasteiger partial charge in [0.2, 0.25) is 0 Å². The van der Waals surface area contributed by atoms with Gasteiger partial charge in [-0.2, -0.15) is 0 Å². The topological polar surface area (TPSA) is 67.8 Å².